The van der Waals surface area contributed by atoms with E-state index in [1.807, 2.05) is 12.1 Å². The van der Waals surface area contributed by atoms with Crippen molar-refractivity contribution in [2.24, 2.45) is 0 Å². The Hall–Kier alpha value is -4.13. The van der Waals surface area contributed by atoms with Gasteiger partial charge in [0.25, 0.3) is 0 Å². The van der Waals surface area contributed by atoms with E-state index in [2.05, 4.69) is 97.0 Å². The zero-order valence-corrected chi connectivity index (χ0v) is 32.1. The number of nitrogens with zero attached hydrogens (tertiary/aromatic N) is 5. The third kappa shape index (κ3) is 9.26. The van der Waals surface area contributed by atoms with E-state index < -0.39 is 0 Å². The van der Waals surface area contributed by atoms with Gasteiger partial charge in [0.1, 0.15) is 36.5 Å². The number of nitriles is 1. The third-order valence-corrected chi connectivity index (χ3v) is 11.0. The molecule has 2 aliphatic heterocycles. The van der Waals surface area contributed by atoms with Gasteiger partial charge in [0.15, 0.2) is 0 Å². The molecule has 52 heavy (non-hydrogen) atoms. The fourth-order valence-corrected chi connectivity index (χ4v) is 7.46. The first-order valence-corrected chi connectivity index (χ1v) is 18.9. The van der Waals surface area contributed by atoms with Crippen molar-refractivity contribution < 1.29 is 14.2 Å². The van der Waals surface area contributed by atoms with Crippen molar-refractivity contribution in [1.29, 1.82) is 5.26 Å². The van der Waals surface area contributed by atoms with Gasteiger partial charge in [-0.15, -0.1) is 0 Å². The van der Waals surface area contributed by atoms with Gasteiger partial charge in [-0.1, -0.05) is 48.4 Å². The molecule has 0 saturated carbocycles. The smallest absolute Gasteiger partial charge is 0.142 e. The lowest BCUT2D eigenvalue weighted by atomic mass is 9.93. The second kappa shape index (κ2) is 17.6. The molecule has 0 N–H and O–H groups in total. The minimum Gasteiger partial charge on any atom is -0.493 e. The first-order chi connectivity index (χ1) is 25.2. The number of likely N-dealkylation sites (N-methyl/N-ethyl adjacent to an activating group) is 1. The second-order valence-electron chi connectivity index (χ2n) is 14.6. The Labute approximate surface area is 314 Å². The Bertz CT molecular complexity index is 1870. The first-order valence-electron chi connectivity index (χ1n) is 18.6. The number of piperidine rings is 1. The maximum atomic E-state index is 9.35. The molecule has 0 radical (unpaired) electrons. The zero-order chi connectivity index (χ0) is 36.6. The molecule has 1 aromatic heterocycles. The van der Waals surface area contributed by atoms with Crippen molar-refractivity contribution in [2.45, 2.75) is 78.3 Å². The molecule has 0 unspecified atom stereocenters. The number of pyridine rings is 1. The molecule has 2 saturated heterocycles. The van der Waals surface area contributed by atoms with Gasteiger partial charge in [-0.05, 0) is 107 Å². The lowest BCUT2D eigenvalue weighted by Gasteiger charge is -2.42. The quantitative estimate of drug-likeness (QED) is 0.113. The molecule has 9 heteroatoms. The van der Waals surface area contributed by atoms with Crippen LogP contribution in [0, 0.1) is 25.2 Å². The summed E-state index contributed by atoms with van der Waals surface area (Å²) >= 11 is 6.92. The lowest BCUT2D eigenvalue weighted by molar-refractivity contribution is 0.0595. The number of benzene rings is 3. The summed E-state index contributed by atoms with van der Waals surface area (Å²) in [7, 11) is 4.31. The minimum absolute atomic E-state index is 0.283. The summed E-state index contributed by atoms with van der Waals surface area (Å²) in [6.07, 6.45) is 7.93. The monoisotopic (exact) mass is 721 g/mol. The molecule has 2 aliphatic rings. The van der Waals surface area contributed by atoms with Gasteiger partial charge in [0, 0.05) is 67.8 Å². The maximum Gasteiger partial charge on any atom is 0.142 e. The van der Waals surface area contributed by atoms with E-state index in [1.54, 1.807) is 18.5 Å². The average Bonchev–Trinajstić information content (AvgIpc) is 3.12. The van der Waals surface area contributed by atoms with Crippen molar-refractivity contribution in [3.05, 3.63) is 105 Å². The van der Waals surface area contributed by atoms with E-state index in [1.165, 1.54) is 19.3 Å². The summed E-state index contributed by atoms with van der Waals surface area (Å²) in [5.41, 5.74) is 8.05. The van der Waals surface area contributed by atoms with Gasteiger partial charge in [0.2, 0.25) is 0 Å². The molecule has 0 amide bonds. The Morgan fingerprint density at radius 2 is 1.65 bits per heavy atom. The Kier molecular flexibility index (Phi) is 12.7. The Morgan fingerprint density at radius 1 is 0.885 bits per heavy atom. The topological polar surface area (TPSA) is 74.1 Å². The molecular formula is C43H52ClN5O3. The average molecular weight is 722 g/mol. The summed E-state index contributed by atoms with van der Waals surface area (Å²) in [5.74, 6) is 2.23. The van der Waals surface area contributed by atoms with Gasteiger partial charge >= 0.3 is 0 Å². The number of aromatic nitrogens is 1. The summed E-state index contributed by atoms with van der Waals surface area (Å²) in [6, 6.07) is 21.7. The maximum absolute atomic E-state index is 9.35. The number of rotatable bonds is 15. The summed E-state index contributed by atoms with van der Waals surface area (Å²) in [6.45, 7) is 13.1. The molecule has 2 fully saturated rings. The summed E-state index contributed by atoms with van der Waals surface area (Å²) < 4.78 is 19.2. The zero-order valence-electron chi connectivity index (χ0n) is 31.3. The van der Waals surface area contributed by atoms with Gasteiger partial charge in [-0.3, -0.25) is 14.8 Å². The van der Waals surface area contributed by atoms with Crippen molar-refractivity contribution in [3.8, 4) is 34.4 Å². The van der Waals surface area contributed by atoms with Crippen LogP contribution in [0.25, 0.3) is 11.1 Å². The van der Waals surface area contributed by atoms with E-state index in [4.69, 9.17) is 25.8 Å². The van der Waals surface area contributed by atoms with Crippen LogP contribution in [0.1, 0.15) is 66.0 Å². The molecule has 274 valence electrons. The van der Waals surface area contributed by atoms with Crippen LogP contribution in [0.4, 0.5) is 0 Å². The Morgan fingerprint density at radius 3 is 2.42 bits per heavy atom. The highest BCUT2D eigenvalue weighted by atomic mass is 35.5. The van der Waals surface area contributed by atoms with E-state index in [0.29, 0.717) is 41.6 Å². The first kappa shape index (κ1) is 37.6. The van der Waals surface area contributed by atoms with Gasteiger partial charge in [-0.25, -0.2) is 0 Å². The molecule has 0 aliphatic carbocycles. The van der Waals surface area contributed by atoms with Crippen LogP contribution >= 0.6 is 11.6 Å². The van der Waals surface area contributed by atoms with E-state index in [9.17, 15) is 5.26 Å². The molecule has 0 bridgehead atoms. The van der Waals surface area contributed by atoms with Crippen LogP contribution in [-0.2, 0) is 19.8 Å². The predicted molar refractivity (Wildman–Crippen MR) is 208 cm³/mol. The molecule has 4 aromatic rings. The molecule has 8 nitrogen and oxygen atoms in total. The van der Waals surface area contributed by atoms with Gasteiger partial charge in [-0.2, -0.15) is 5.26 Å². The second-order valence-corrected chi connectivity index (χ2v) is 15.0. The van der Waals surface area contributed by atoms with Crippen LogP contribution < -0.4 is 14.2 Å². The van der Waals surface area contributed by atoms with Crippen molar-refractivity contribution in [1.82, 2.24) is 19.7 Å². The van der Waals surface area contributed by atoms with E-state index >= 15 is 0 Å². The van der Waals surface area contributed by atoms with Crippen molar-refractivity contribution in [2.75, 3.05) is 46.9 Å². The molecule has 0 spiro atoms. The normalized spacial score (nSPS) is 16.8. The fraction of sp³-hybridized carbons (Fsp3) is 0.442. The third-order valence-electron chi connectivity index (χ3n) is 10.7. The van der Waals surface area contributed by atoms with Crippen LogP contribution in [0.5, 0.6) is 17.2 Å². The minimum atomic E-state index is 0.283. The van der Waals surface area contributed by atoms with Crippen molar-refractivity contribution in [3.63, 3.8) is 0 Å². The summed E-state index contributed by atoms with van der Waals surface area (Å²) in [4.78, 5) is 11.5. The van der Waals surface area contributed by atoms with Crippen LogP contribution in [0.2, 0.25) is 5.02 Å². The highest BCUT2D eigenvalue weighted by Crippen LogP contribution is 2.37. The molecule has 3 heterocycles. The van der Waals surface area contributed by atoms with Crippen LogP contribution in [0.15, 0.2) is 67.0 Å². The van der Waals surface area contributed by atoms with E-state index in [0.717, 1.165) is 89.6 Å². The Balaban J connectivity index is 1.15. The highest BCUT2D eigenvalue weighted by Gasteiger charge is 2.27. The van der Waals surface area contributed by atoms with Crippen LogP contribution in [0.3, 0.4) is 0 Å². The number of hydrogen-bond acceptors (Lipinski definition) is 8. The SMILES string of the molecule is Cc1c(COc2cc(OCc3cncc(C#N)c3)c(CN3CCCC[C@H]3C)cc2Cl)cccc1-c1cccc(OCCCN2CC(N(C)C)C2)c1C. The summed E-state index contributed by atoms with van der Waals surface area (Å²) in [5, 5.41) is 9.91. The van der Waals surface area contributed by atoms with E-state index in [-0.39, 0.29) is 6.61 Å². The number of hydrogen-bond donors (Lipinski definition) is 0. The van der Waals surface area contributed by atoms with Gasteiger partial charge in [0.05, 0.1) is 17.2 Å². The molecule has 6 rings (SSSR count). The molecule has 1 atom stereocenters. The molecule has 3 aromatic carbocycles. The fourth-order valence-electron chi connectivity index (χ4n) is 7.22. The lowest BCUT2D eigenvalue weighted by Crippen LogP contribution is -2.57. The highest BCUT2D eigenvalue weighted by molar-refractivity contribution is 6.32. The molecular weight excluding hydrogens is 670 g/mol. The number of likely N-dealkylation sites (tertiary alicyclic amines) is 2. The number of halogens is 1. The van der Waals surface area contributed by atoms with Gasteiger partial charge < -0.3 is 19.1 Å². The number of ether oxygens (including phenoxy) is 3. The predicted octanol–water partition coefficient (Wildman–Crippen LogP) is 8.44. The largest absolute Gasteiger partial charge is 0.493 e. The standard InChI is InChI=1S/C43H52ClN5O3/c1-30-11-6-7-17-49(30)25-36-20-40(44)43(21-42(36)51-28-34-19-33(22-45)23-46-24-34)52-29-35-12-8-13-38(31(35)2)39-14-9-15-41(32(39)3)50-18-10-16-48-26-37(27-48)47(4)5/h8-9,12-15,19-21,23-24,30,37H,6-7,10-11,16-18,25-29H2,1-5H3/t30-/m1/s1. The van der Waals surface area contributed by atoms with Crippen LogP contribution in [-0.4, -0.2) is 78.6 Å². The van der Waals surface area contributed by atoms with Crippen molar-refractivity contribution >= 4 is 11.6 Å².